The molecule has 0 fully saturated rings. The molecule has 1 aliphatic carbocycles. The second kappa shape index (κ2) is 20.9. The van der Waals surface area contributed by atoms with Gasteiger partial charge in [0.05, 0.1) is 0 Å². The summed E-state index contributed by atoms with van der Waals surface area (Å²) in [5, 5.41) is 7.54. The van der Waals surface area contributed by atoms with Crippen molar-refractivity contribution < 1.29 is 0 Å². The third kappa shape index (κ3) is 9.27. The lowest BCUT2D eigenvalue weighted by Crippen LogP contribution is -2.16. The first kappa shape index (κ1) is 49.1. The van der Waals surface area contributed by atoms with Crippen LogP contribution < -0.4 is 4.90 Å². The lowest BCUT2D eigenvalue weighted by atomic mass is 9.82. The molecular formula is C73H65N. The number of fused-ring (bicyclic) bond motifs is 7. The lowest BCUT2D eigenvalue weighted by molar-refractivity contribution is 0.660. The molecule has 0 spiro atoms. The summed E-state index contributed by atoms with van der Waals surface area (Å²) in [7, 11) is 0. The Morgan fingerprint density at radius 2 is 0.973 bits per heavy atom. The van der Waals surface area contributed by atoms with E-state index in [1.54, 1.807) is 0 Å². The van der Waals surface area contributed by atoms with E-state index >= 15 is 0 Å². The standard InChI is InChI=1S/C58H47N.C13H12.C2H6/c1-7-8-17-47-39(4)48-18-11-12-19-49(48)55-35-45(28-30-50(47)55)59(46-29-31-52-51-20-13-14-21-56(51)58(5,6)57(52)36-46)44-26-24-40(25-27-44)43-23-22-37(2)53(34-43)54-33-42-16-10-9-15-41(42)32-38(54)3;1-11-6-5-9-13(10-11)12-7-3-2-4-8-12;1-2/h7-36H,1H2,2-6H3;2-10H,1H3;1-2H3/b17-8-;;. The van der Waals surface area contributed by atoms with E-state index in [1.807, 2.05) is 32.1 Å². The van der Waals surface area contributed by atoms with Gasteiger partial charge in [-0.1, -0.05) is 228 Å². The molecule has 0 N–H and O–H groups in total. The van der Waals surface area contributed by atoms with Crippen LogP contribution in [0.4, 0.5) is 17.1 Å². The zero-order chi connectivity index (χ0) is 51.5. The highest BCUT2D eigenvalue weighted by Crippen LogP contribution is 2.51. The van der Waals surface area contributed by atoms with E-state index in [0.717, 1.165) is 17.1 Å². The quantitative estimate of drug-likeness (QED) is 0.108. The summed E-state index contributed by atoms with van der Waals surface area (Å²) in [5.74, 6) is 0. The molecule has 0 unspecified atom stereocenters. The van der Waals surface area contributed by atoms with E-state index < -0.39 is 0 Å². The van der Waals surface area contributed by atoms with Gasteiger partial charge in [-0.15, -0.1) is 0 Å². The minimum absolute atomic E-state index is 0.118. The maximum atomic E-state index is 3.97. The molecule has 0 amide bonds. The van der Waals surface area contributed by atoms with Gasteiger partial charge in [-0.05, 0) is 186 Å². The highest BCUT2D eigenvalue weighted by Gasteiger charge is 2.35. The van der Waals surface area contributed by atoms with E-state index in [0.29, 0.717) is 0 Å². The number of hydrogen-bond donors (Lipinski definition) is 0. The van der Waals surface area contributed by atoms with Crippen molar-refractivity contribution in [1.82, 2.24) is 0 Å². The Balaban J connectivity index is 0.000000360. The van der Waals surface area contributed by atoms with Crippen LogP contribution >= 0.6 is 0 Å². The molecule has 0 saturated heterocycles. The van der Waals surface area contributed by atoms with Crippen LogP contribution in [0, 0.1) is 27.7 Å². The zero-order valence-corrected chi connectivity index (χ0v) is 44.2. The number of benzene rings is 11. The molecule has 1 aliphatic rings. The van der Waals surface area contributed by atoms with Gasteiger partial charge >= 0.3 is 0 Å². The van der Waals surface area contributed by atoms with Gasteiger partial charge in [0.2, 0.25) is 0 Å². The van der Waals surface area contributed by atoms with Crippen molar-refractivity contribution in [1.29, 1.82) is 0 Å². The highest BCUT2D eigenvalue weighted by molar-refractivity contribution is 6.14. The third-order valence-electron chi connectivity index (χ3n) is 15.0. The largest absolute Gasteiger partial charge is 0.310 e. The topological polar surface area (TPSA) is 3.24 Å². The molecule has 0 radical (unpaired) electrons. The van der Waals surface area contributed by atoms with Crippen molar-refractivity contribution in [3.8, 4) is 44.5 Å². The Kier molecular flexibility index (Phi) is 13.9. The van der Waals surface area contributed by atoms with Gasteiger partial charge in [-0.2, -0.15) is 0 Å². The van der Waals surface area contributed by atoms with Crippen LogP contribution in [0.5, 0.6) is 0 Å². The Morgan fingerprint density at radius 1 is 0.392 bits per heavy atom. The normalized spacial score (nSPS) is 12.2. The molecule has 0 aromatic heterocycles. The van der Waals surface area contributed by atoms with E-state index in [1.165, 1.54) is 116 Å². The summed E-state index contributed by atoms with van der Waals surface area (Å²) in [6.07, 6.45) is 6.10. The SMILES string of the molecule is C=C/C=C\c1c(C)c2ccccc2c2cc(N(c3ccc(-c4ccc(C)c(-c5cc6ccccc6cc5C)c4)cc3)c3ccc4c(c3)C(C)(C)c3ccccc3-4)ccc12.CC.Cc1cccc(-c2ccccc2)c1. The molecule has 0 atom stereocenters. The van der Waals surface area contributed by atoms with Gasteiger partial charge in [0, 0.05) is 22.5 Å². The van der Waals surface area contributed by atoms with Crippen LogP contribution in [0.15, 0.2) is 237 Å². The molecule has 11 aromatic rings. The fraction of sp³-hybridized carbons (Fsp3) is 0.123. The minimum atomic E-state index is -0.118. The summed E-state index contributed by atoms with van der Waals surface area (Å²) in [6, 6.07) is 80.1. The summed E-state index contributed by atoms with van der Waals surface area (Å²) in [6.45, 7) is 21.5. The molecule has 1 heteroatoms. The van der Waals surface area contributed by atoms with Crippen LogP contribution in [-0.2, 0) is 5.41 Å². The molecule has 0 bridgehead atoms. The van der Waals surface area contributed by atoms with E-state index in [-0.39, 0.29) is 5.41 Å². The van der Waals surface area contributed by atoms with E-state index in [9.17, 15) is 0 Å². The maximum absolute atomic E-state index is 3.97. The van der Waals surface area contributed by atoms with Gasteiger partial charge in [-0.3, -0.25) is 0 Å². The summed E-state index contributed by atoms with van der Waals surface area (Å²) >= 11 is 0. The molecule has 0 aliphatic heterocycles. The van der Waals surface area contributed by atoms with Crippen molar-refractivity contribution in [3.05, 3.63) is 276 Å². The average molecular weight is 956 g/mol. The summed E-state index contributed by atoms with van der Waals surface area (Å²) < 4.78 is 0. The smallest absolute Gasteiger partial charge is 0.0468 e. The van der Waals surface area contributed by atoms with Gasteiger partial charge in [0.1, 0.15) is 0 Å². The van der Waals surface area contributed by atoms with Gasteiger partial charge in [-0.25, -0.2) is 0 Å². The van der Waals surface area contributed by atoms with Crippen molar-refractivity contribution >= 4 is 55.5 Å². The number of anilines is 3. The Hall–Kier alpha value is -8.52. The van der Waals surface area contributed by atoms with Crippen LogP contribution in [-0.4, -0.2) is 0 Å². The van der Waals surface area contributed by atoms with Crippen molar-refractivity contribution in [2.24, 2.45) is 0 Å². The number of nitrogens with zero attached hydrogens (tertiary/aromatic N) is 1. The number of hydrogen-bond acceptors (Lipinski definition) is 1. The Labute approximate surface area is 439 Å². The predicted octanol–water partition coefficient (Wildman–Crippen LogP) is 21.1. The average Bonchev–Trinajstić information content (AvgIpc) is 3.68. The minimum Gasteiger partial charge on any atom is -0.310 e. The Morgan fingerprint density at radius 3 is 1.73 bits per heavy atom. The Bertz CT molecular complexity index is 3890. The van der Waals surface area contributed by atoms with Crippen LogP contribution in [0.1, 0.15) is 66.6 Å². The molecular weight excluding hydrogens is 891 g/mol. The number of rotatable bonds is 8. The fourth-order valence-electron chi connectivity index (χ4n) is 11.2. The zero-order valence-electron chi connectivity index (χ0n) is 44.2. The number of allylic oxidation sites excluding steroid dienone is 2. The molecule has 12 rings (SSSR count). The predicted molar refractivity (Wildman–Crippen MR) is 323 cm³/mol. The molecule has 1 nitrogen and oxygen atoms in total. The van der Waals surface area contributed by atoms with Gasteiger partial charge < -0.3 is 4.90 Å². The second-order valence-electron chi connectivity index (χ2n) is 20.0. The maximum Gasteiger partial charge on any atom is 0.0468 e. The first-order chi connectivity index (χ1) is 36.1. The van der Waals surface area contributed by atoms with Gasteiger partial charge in [0.15, 0.2) is 0 Å². The molecule has 11 aromatic carbocycles. The fourth-order valence-corrected chi connectivity index (χ4v) is 11.2. The summed E-state index contributed by atoms with van der Waals surface area (Å²) in [4.78, 5) is 2.44. The highest BCUT2D eigenvalue weighted by atomic mass is 15.1. The van der Waals surface area contributed by atoms with Crippen molar-refractivity contribution in [2.45, 2.75) is 60.8 Å². The van der Waals surface area contributed by atoms with Gasteiger partial charge in [0.25, 0.3) is 0 Å². The van der Waals surface area contributed by atoms with E-state index in [2.05, 4.69) is 271 Å². The van der Waals surface area contributed by atoms with Crippen molar-refractivity contribution in [3.63, 3.8) is 0 Å². The number of aryl methyl sites for hydroxylation is 4. The summed E-state index contributed by atoms with van der Waals surface area (Å²) in [5.41, 5.74) is 22.6. The molecule has 362 valence electrons. The van der Waals surface area contributed by atoms with Crippen LogP contribution in [0.3, 0.4) is 0 Å². The van der Waals surface area contributed by atoms with Crippen LogP contribution in [0.2, 0.25) is 0 Å². The van der Waals surface area contributed by atoms with E-state index in [4.69, 9.17) is 0 Å². The molecule has 0 heterocycles. The molecule has 74 heavy (non-hydrogen) atoms. The van der Waals surface area contributed by atoms with Crippen molar-refractivity contribution in [2.75, 3.05) is 4.90 Å². The van der Waals surface area contributed by atoms with Crippen LogP contribution in [0.25, 0.3) is 82.9 Å². The first-order valence-corrected chi connectivity index (χ1v) is 26.2. The second-order valence-corrected chi connectivity index (χ2v) is 20.0. The monoisotopic (exact) mass is 956 g/mol. The third-order valence-corrected chi connectivity index (χ3v) is 15.0. The lowest BCUT2D eigenvalue weighted by Gasteiger charge is -2.29. The molecule has 0 saturated carbocycles. The first-order valence-electron chi connectivity index (χ1n) is 26.2.